The van der Waals surface area contributed by atoms with Crippen LogP contribution in [-0.2, 0) is 17.8 Å². The molecular weight excluding hydrogens is 364 g/mol. The molecule has 1 unspecified atom stereocenters. The van der Waals surface area contributed by atoms with Crippen molar-refractivity contribution in [2.75, 3.05) is 7.11 Å². The van der Waals surface area contributed by atoms with Crippen LogP contribution in [0.25, 0.3) is 0 Å². The Hall–Kier alpha value is -2.35. The maximum atomic E-state index is 12.5. The Bertz CT molecular complexity index is 829. The number of methoxy groups -OCH3 is 1. The summed E-state index contributed by atoms with van der Waals surface area (Å²) in [7, 11) is 1.60. The lowest BCUT2D eigenvalue weighted by Crippen LogP contribution is -2.30. The van der Waals surface area contributed by atoms with Gasteiger partial charge in [0, 0.05) is 6.42 Å². The summed E-state index contributed by atoms with van der Waals surface area (Å²) in [6, 6.07) is 5.49. The minimum absolute atomic E-state index is 0.0544. The molecule has 1 heterocycles. The standard InChI is InChI=1S/C19H28N4O3S/c1-6-7-17-21-22-19(27)23(17)11-18(24)20-13(4)14-8-9-15(26-12(2)3)16(10-14)25-5/h8-10,12-13H,6-7,11H2,1-5H3,(H,20,24)(H,22,27). The molecule has 1 aromatic carbocycles. The van der Waals surface area contributed by atoms with Crippen LogP contribution in [0, 0.1) is 4.77 Å². The molecule has 0 aliphatic carbocycles. The van der Waals surface area contributed by atoms with Crippen molar-refractivity contribution in [2.45, 2.75) is 59.2 Å². The second-order valence-electron chi connectivity index (χ2n) is 6.65. The number of aromatic amines is 1. The van der Waals surface area contributed by atoms with E-state index < -0.39 is 0 Å². The number of amides is 1. The molecule has 0 saturated carbocycles. The fourth-order valence-corrected chi connectivity index (χ4v) is 2.96. The van der Waals surface area contributed by atoms with Gasteiger partial charge in [0.25, 0.3) is 0 Å². The number of benzene rings is 1. The third-order valence-corrected chi connectivity index (χ3v) is 4.35. The molecule has 27 heavy (non-hydrogen) atoms. The lowest BCUT2D eigenvalue weighted by molar-refractivity contribution is -0.122. The zero-order valence-corrected chi connectivity index (χ0v) is 17.4. The first-order valence-corrected chi connectivity index (χ1v) is 9.54. The van der Waals surface area contributed by atoms with E-state index in [1.807, 2.05) is 39.0 Å². The van der Waals surface area contributed by atoms with E-state index in [9.17, 15) is 4.79 Å². The Morgan fingerprint density at radius 1 is 1.33 bits per heavy atom. The summed E-state index contributed by atoms with van der Waals surface area (Å²) in [6.45, 7) is 8.05. The van der Waals surface area contributed by atoms with Crippen LogP contribution in [0.1, 0.15) is 51.5 Å². The van der Waals surface area contributed by atoms with Gasteiger partial charge in [-0.25, -0.2) is 0 Å². The third kappa shape index (κ3) is 5.56. The Kier molecular flexibility index (Phi) is 7.41. The predicted molar refractivity (Wildman–Crippen MR) is 107 cm³/mol. The minimum Gasteiger partial charge on any atom is -0.493 e. The van der Waals surface area contributed by atoms with Gasteiger partial charge in [-0.2, -0.15) is 5.10 Å². The van der Waals surface area contributed by atoms with Gasteiger partial charge in [-0.15, -0.1) is 0 Å². The van der Waals surface area contributed by atoms with E-state index >= 15 is 0 Å². The van der Waals surface area contributed by atoms with Crippen molar-refractivity contribution >= 4 is 18.1 Å². The lowest BCUT2D eigenvalue weighted by Gasteiger charge is -2.18. The van der Waals surface area contributed by atoms with E-state index in [1.165, 1.54) is 0 Å². The normalized spacial score (nSPS) is 12.1. The average molecular weight is 393 g/mol. The first-order valence-electron chi connectivity index (χ1n) is 9.13. The van der Waals surface area contributed by atoms with Crippen LogP contribution < -0.4 is 14.8 Å². The summed E-state index contributed by atoms with van der Waals surface area (Å²) in [5.41, 5.74) is 0.931. The molecule has 1 amide bonds. The number of carbonyl (C=O) groups excluding carboxylic acids is 1. The topological polar surface area (TPSA) is 81.2 Å². The van der Waals surface area contributed by atoms with Gasteiger partial charge in [0.1, 0.15) is 12.4 Å². The molecular formula is C19H28N4O3S. The number of nitrogens with one attached hydrogen (secondary N) is 2. The maximum Gasteiger partial charge on any atom is 0.240 e. The molecule has 8 heteroatoms. The fraction of sp³-hybridized carbons (Fsp3) is 0.526. The van der Waals surface area contributed by atoms with Crippen LogP contribution >= 0.6 is 12.2 Å². The molecule has 148 valence electrons. The molecule has 0 fully saturated rings. The highest BCUT2D eigenvalue weighted by atomic mass is 32.1. The molecule has 7 nitrogen and oxygen atoms in total. The van der Waals surface area contributed by atoms with Gasteiger partial charge >= 0.3 is 0 Å². The number of carbonyl (C=O) groups is 1. The Morgan fingerprint density at radius 2 is 2.07 bits per heavy atom. The predicted octanol–water partition coefficient (Wildman–Crippen LogP) is 3.57. The second kappa shape index (κ2) is 9.55. The number of H-pyrrole nitrogens is 1. The fourth-order valence-electron chi connectivity index (χ4n) is 2.75. The molecule has 0 spiro atoms. The number of rotatable bonds is 9. The molecule has 0 aliphatic heterocycles. The second-order valence-corrected chi connectivity index (χ2v) is 7.03. The first-order chi connectivity index (χ1) is 12.8. The van der Waals surface area contributed by atoms with Gasteiger partial charge in [0.05, 0.1) is 19.3 Å². The Labute approximate surface area is 165 Å². The highest BCUT2D eigenvalue weighted by molar-refractivity contribution is 7.71. The van der Waals surface area contributed by atoms with Gasteiger partial charge in [-0.05, 0) is 57.1 Å². The molecule has 1 atom stereocenters. The van der Waals surface area contributed by atoms with Crippen molar-refractivity contribution in [3.63, 3.8) is 0 Å². The Morgan fingerprint density at radius 3 is 2.70 bits per heavy atom. The molecule has 2 aromatic rings. The van der Waals surface area contributed by atoms with Crippen LogP contribution in [-0.4, -0.2) is 33.9 Å². The smallest absolute Gasteiger partial charge is 0.240 e. The molecule has 1 aromatic heterocycles. The monoisotopic (exact) mass is 392 g/mol. The first kappa shape index (κ1) is 21.0. The maximum absolute atomic E-state index is 12.5. The summed E-state index contributed by atoms with van der Waals surface area (Å²) in [6.07, 6.45) is 1.76. The Balaban J connectivity index is 2.08. The lowest BCUT2D eigenvalue weighted by atomic mass is 10.1. The van der Waals surface area contributed by atoms with Crippen LogP contribution in [0.4, 0.5) is 0 Å². The number of ether oxygens (including phenoxy) is 2. The van der Waals surface area contributed by atoms with E-state index in [0.29, 0.717) is 16.3 Å². The highest BCUT2D eigenvalue weighted by Crippen LogP contribution is 2.31. The summed E-state index contributed by atoms with van der Waals surface area (Å²) in [4.78, 5) is 12.5. The van der Waals surface area contributed by atoms with Crippen molar-refractivity contribution in [2.24, 2.45) is 0 Å². The zero-order valence-electron chi connectivity index (χ0n) is 16.5. The molecule has 0 radical (unpaired) electrons. The average Bonchev–Trinajstić information content (AvgIpc) is 2.95. The SMILES string of the molecule is CCCc1n[nH]c(=S)n1CC(=O)NC(C)c1ccc(OC(C)C)c(OC)c1. The van der Waals surface area contributed by atoms with E-state index in [0.717, 1.165) is 24.2 Å². The van der Waals surface area contributed by atoms with Crippen molar-refractivity contribution in [1.29, 1.82) is 0 Å². The number of nitrogens with zero attached hydrogens (tertiary/aromatic N) is 2. The van der Waals surface area contributed by atoms with Gasteiger partial charge < -0.3 is 14.8 Å². The molecule has 2 rings (SSSR count). The quantitative estimate of drug-likeness (QED) is 0.638. The molecule has 0 aliphatic rings. The van der Waals surface area contributed by atoms with Crippen molar-refractivity contribution in [1.82, 2.24) is 20.1 Å². The summed E-state index contributed by atoms with van der Waals surface area (Å²) < 4.78 is 13.3. The van der Waals surface area contributed by atoms with Crippen molar-refractivity contribution < 1.29 is 14.3 Å². The number of aryl methyl sites for hydroxylation is 1. The van der Waals surface area contributed by atoms with E-state index in [2.05, 4.69) is 22.4 Å². The summed E-state index contributed by atoms with van der Waals surface area (Å²) >= 11 is 5.23. The van der Waals surface area contributed by atoms with Gasteiger partial charge in [0.2, 0.25) is 5.91 Å². The van der Waals surface area contributed by atoms with E-state index in [1.54, 1.807) is 11.7 Å². The number of aromatic nitrogens is 3. The van der Waals surface area contributed by atoms with Gasteiger partial charge in [0.15, 0.2) is 16.3 Å². The largest absolute Gasteiger partial charge is 0.493 e. The number of hydrogen-bond acceptors (Lipinski definition) is 5. The summed E-state index contributed by atoms with van der Waals surface area (Å²) in [5.74, 6) is 1.99. The summed E-state index contributed by atoms with van der Waals surface area (Å²) in [5, 5.41) is 9.94. The highest BCUT2D eigenvalue weighted by Gasteiger charge is 2.15. The van der Waals surface area contributed by atoms with E-state index in [4.69, 9.17) is 21.7 Å². The van der Waals surface area contributed by atoms with Crippen LogP contribution in [0.2, 0.25) is 0 Å². The van der Waals surface area contributed by atoms with Gasteiger partial charge in [-0.3, -0.25) is 14.5 Å². The number of hydrogen-bond donors (Lipinski definition) is 2. The molecule has 0 saturated heterocycles. The third-order valence-electron chi connectivity index (χ3n) is 4.04. The van der Waals surface area contributed by atoms with Crippen molar-refractivity contribution in [3.05, 3.63) is 34.4 Å². The van der Waals surface area contributed by atoms with Crippen LogP contribution in [0.15, 0.2) is 18.2 Å². The molecule has 2 N–H and O–H groups in total. The van der Waals surface area contributed by atoms with Crippen LogP contribution in [0.3, 0.4) is 0 Å². The molecule has 0 bridgehead atoms. The zero-order chi connectivity index (χ0) is 20.0. The van der Waals surface area contributed by atoms with Gasteiger partial charge in [-0.1, -0.05) is 13.0 Å². The van der Waals surface area contributed by atoms with Crippen LogP contribution in [0.5, 0.6) is 11.5 Å². The minimum atomic E-state index is -0.185. The van der Waals surface area contributed by atoms with E-state index in [-0.39, 0.29) is 24.6 Å². The van der Waals surface area contributed by atoms with Crippen molar-refractivity contribution in [3.8, 4) is 11.5 Å².